The minimum atomic E-state index is -0.156. The van der Waals surface area contributed by atoms with E-state index in [1.165, 1.54) is 0 Å². The summed E-state index contributed by atoms with van der Waals surface area (Å²) in [5.74, 6) is -0.0792. The van der Waals surface area contributed by atoms with Crippen LogP contribution in [0.25, 0.3) is 11.1 Å². The van der Waals surface area contributed by atoms with Gasteiger partial charge in [-0.25, -0.2) is 0 Å². The first kappa shape index (κ1) is 19.1. The predicted octanol–water partition coefficient (Wildman–Crippen LogP) is 4.31. The highest BCUT2D eigenvalue weighted by Gasteiger charge is 2.30. The quantitative estimate of drug-likeness (QED) is 0.613. The molecule has 29 heavy (non-hydrogen) atoms. The molecule has 1 aromatic heterocycles. The number of ketones is 1. The van der Waals surface area contributed by atoms with Gasteiger partial charge in [-0.1, -0.05) is 54.6 Å². The van der Waals surface area contributed by atoms with Crippen molar-refractivity contribution in [2.75, 3.05) is 13.1 Å². The first-order valence-electron chi connectivity index (χ1n) is 10.2. The molecule has 0 unspecified atom stereocenters. The molecular formula is C24H25N3O2. The number of aryl methyl sites for hydroxylation is 1. The van der Waals surface area contributed by atoms with E-state index in [0.717, 1.165) is 30.5 Å². The molecule has 0 bridgehead atoms. The Morgan fingerprint density at radius 1 is 1.00 bits per heavy atom. The number of benzene rings is 2. The minimum absolute atomic E-state index is 0.0402. The molecule has 2 heterocycles. The molecule has 0 aliphatic carbocycles. The number of piperidine rings is 1. The van der Waals surface area contributed by atoms with Crippen LogP contribution in [-0.2, 0) is 6.54 Å². The Kier molecular flexibility index (Phi) is 5.56. The molecule has 2 aromatic carbocycles. The molecule has 4 rings (SSSR count). The fraction of sp³-hybridized carbons (Fsp3) is 0.292. The summed E-state index contributed by atoms with van der Waals surface area (Å²) in [6.07, 6.45) is 5.04. The Balaban J connectivity index is 1.45. The Morgan fingerprint density at radius 3 is 2.41 bits per heavy atom. The number of carbonyl (C=O) groups is 2. The van der Waals surface area contributed by atoms with Crippen LogP contribution in [-0.4, -0.2) is 39.5 Å². The highest BCUT2D eigenvalue weighted by atomic mass is 16.2. The third kappa shape index (κ3) is 4.14. The van der Waals surface area contributed by atoms with Crippen molar-refractivity contribution in [1.82, 2.24) is 14.7 Å². The number of hydrogen-bond acceptors (Lipinski definition) is 3. The lowest BCUT2D eigenvalue weighted by atomic mass is 9.89. The van der Waals surface area contributed by atoms with E-state index in [4.69, 9.17) is 0 Å². The number of hydrogen-bond donors (Lipinski definition) is 0. The predicted molar refractivity (Wildman–Crippen MR) is 113 cm³/mol. The average Bonchev–Trinajstić information content (AvgIpc) is 3.28. The normalized spacial score (nSPS) is 16.6. The first-order valence-corrected chi connectivity index (χ1v) is 10.2. The molecule has 1 aliphatic heterocycles. The maximum atomic E-state index is 13.0. The maximum absolute atomic E-state index is 13.0. The lowest BCUT2D eigenvalue weighted by molar-refractivity contribution is 0.0637. The summed E-state index contributed by atoms with van der Waals surface area (Å²) in [5.41, 5.74) is 3.53. The van der Waals surface area contributed by atoms with Crippen molar-refractivity contribution in [3.63, 3.8) is 0 Å². The molecule has 5 nitrogen and oxygen atoms in total. The van der Waals surface area contributed by atoms with Gasteiger partial charge in [0.15, 0.2) is 5.78 Å². The fourth-order valence-electron chi connectivity index (χ4n) is 3.90. The number of rotatable bonds is 5. The first-order chi connectivity index (χ1) is 14.2. The van der Waals surface area contributed by atoms with E-state index in [1.54, 1.807) is 22.0 Å². The lowest BCUT2D eigenvalue weighted by Crippen LogP contribution is -2.42. The van der Waals surface area contributed by atoms with Gasteiger partial charge in [0.2, 0.25) is 0 Å². The monoisotopic (exact) mass is 387 g/mol. The summed E-state index contributed by atoms with van der Waals surface area (Å²) in [6, 6.07) is 17.9. The molecule has 0 N–H and O–H groups in total. The molecule has 148 valence electrons. The van der Waals surface area contributed by atoms with Crippen LogP contribution < -0.4 is 0 Å². The van der Waals surface area contributed by atoms with Crippen LogP contribution >= 0.6 is 0 Å². The zero-order valence-electron chi connectivity index (χ0n) is 16.6. The fourth-order valence-corrected chi connectivity index (χ4v) is 3.90. The van der Waals surface area contributed by atoms with Crippen molar-refractivity contribution in [1.29, 1.82) is 0 Å². The van der Waals surface area contributed by atoms with Crippen LogP contribution in [0.2, 0.25) is 0 Å². The van der Waals surface area contributed by atoms with E-state index >= 15 is 0 Å². The molecular weight excluding hydrogens is 362 g/mol. The third-order valence-corrected chi connectivity index (χ3v) is 5.56. The zero-order valence-corrected chi connectivity index (χ0v) is 16.6. The Bertz CT molecular complexity index is 992. The van der Waals surface area contributed by atoms with Gasteiger partial charge in [-0.15, -0.1) is 0 Å². The second-order valence-corrected chi connectivity index (χ2v) is 7.48. The van der Waals surface area contributed by atoms with E-state index in [9.17, 15) is 9.59 Å². The molecule has 0 saturated carbocycles. The standard InChI is InChI=1S/C24H25N3O2/c1-2-27-17-22(15-25-27)24(29)26-14-6-9-21(16-26)23(28)20-12-10-19(11-13-20)18-7-4-3-5-8-18/h3-5,7-8,10-13,15,17,21H,2,6,9,14,16H2,1H3/t21-/m0/s1. The summed E-state index contributed by atoms with van der Waals surface area (Å²) < 4.78 is 1.74. The molecule has 1 fully saturated rings. The SMILES string of the molecule is CCn1cc(C(=O)N2CCC[C@H](C(=O)c3ccc(-c4ccccc4)cc3)C2)cn1. The van der Waals surface area contributed by atoms with Gasteiger partial charge in [0.1, 0.15) is 0 Å². The molecule has 0 spiro atoms. The number of aromatic nitrogens is 2. The van der Waals surface area contributed by atoms with Crippen molar-refractivity contribution in [2.45, 2.75) is 26.3 Å². The number of amides is 1. The summed E-state index contributed by atoms with van der Waals surface area (Å²) in [4.78, 5) is 27.6. The molecule has 1 saturated heterocycles. The summed E-state index contributed by atoms with van der Waals surface area (Å²) >= 11 is 0. The van der Waals surface area contributed by atoms with Crippen LogP contribution in [0.5, 0.6) is 0 Å². The average molecular weight is 387 g/mol. The molecule has 1 amide bonds. The van der Waals surface area contributed by atoms with Gasteiger partial charge < -0.3 is 4.90 Å². The molecule has 1 atom stereocenters. The molecule has 1 aliphatic rings. The summed E-state index contributed by atoms with van der Waals surface area (Å²) in [5, 5.41) is 4.19. The lowest BCUT2D eigenvalue weighted by Gasteiger charge is -2.31. The van der Waals surface area contributed by atoms with Gasteiger partial charge in [0.25, 0.3) is 5.91 Å². The Labute approximate surface area is 171 Å². The van der Waals surface area contributed by atoms with Crippen LogP contribution in [0.15, 0.2) is 67.0 Å². The van der Waals surface area contributed by atoms with E-state index in [-0.39, 0.29) is 17.6 Å². The highest BCUT2D eigenvalue weighted by molar-refractivity contribution is 5.99. The molecule has 3 aromatic rings. The van der Waals surface area contributed by atoms with Gasteiger partial charge in [-0.2, -0.15) is 5.10 Å². The second-order valence-electron chi connectivity index (χ2n) is 7.48. The Morgan fingerprint density at radius 2 is 1.72 bits per heavy atom. The number of carbonyl (C=O) groups excluding carboxylic acids is 2. The summed E-state index contributed by atoms with van der Waals surface area (Å²) in [6.45, 7) is 3.87. The zero-order chi connectivity index (χ0) is 20.2. The second kappa shape index (κ2) is 8.43. The van der Waals surface area contributed by atoms with Gasteiger partial charge in [0.05, 0.1) is 11.8 Å². The minimum Gasteiger partial charge on any atom is -0.338 e. The van der Waals surface area contributed by atoms with Gasteiger partial charge in [-0.3, -0.25) is 14.3 Å². The summed E-state index contributed by atoms with van der Waals surface area (Å²) in [7, 11) is 0. The van der Waals surface area contributed by atoms with Crippen molar-refractivity contribution >= 4 is 11.7 Å². The van der Waals surface area contributed by atoms with Crippen molar-refractivity contribution in [3.8, 4) is 11.1 Å². The molecule has 0 radical (unpaired) electrons. The van der Waals surface area contributed by atoms with E-state index in [2.05, 4.69) is 17.2 Å². The van der Waals surface area contributed by atoms with E-state index < -0.39 is 0 Å². The van der Waals surface area contributed by atoms with Crippen LogP contribution in [0.1, 0.15) is 40.5 Å². The van der Waals surface area contributed by atoms with Crippen LogP contribution in [0, 0.1) is 5.92 Å². The largest absolute Gasteiger partial charge is 0.338 e. The van der Waals surface area contributed by atoms with Crippen molar-refractivity contribution in [2.24, 2.45) is 5.92 Å². The van der Waals surface area contributed by atoms with E-state index in [1.807, 2.05) is 49.4 Å². The van der Waals surface area contributed by atoms with Gasteiger partial charge >= 0.3 is 0 Å². The third-order valence-electron chi connectivity index (χ3n) is 5.56. The smallest absolute Gasteiger partial charge is 0.257 e. The van der Waals surface area contributed by atoms with Crippen molar-refractivity contribution in [3.05, 3.63) is 78.1 Å². The van der Waals surface area contributed by atoms with Gasteiger partial charge in [-0.05, 0) is 30.9 Å². The topological polar surface area (TPSA) is 55.2 Å². The van der Waals surface area contributed by atoms with Gasteiger partial charge in [0, 0.05) is 37.3 Å². The Hall–Kier alpha value is -3.21. The molecule has 5 heteroatoms. The number of nitrogens with zero attached hydrogens (tertiary/aromatic N) is 3. The highest BCUT2D eigenvalue weighted by Crippen LogP contribution is 2.24. The number of likely N-dealkylation sites (tertiary alicyclic amines) is 1. The number of Topliss-reactive ketones (excluding diaryl/α,β-unsaturated/α-hetero) is 1. The van der Waals surface area contributed by atoms with Crippen LogP contribution in [0.4, 0.5) is 0 Å². The van der Waals surface area contributed by atoms with Crippen molar-refractivity contribution < 1.29 is 9.59 Å². The van der Waals surface area contributed by atoms with Crippen LogP contribution in [0.3, 0.4) is 0 Å². The maximum Gasteiger partial charge on any atom is 0.257 e. The van der Waals surface area contributed by atoms with E-state index in [0.29, 0.717) is 24.2 Å².